The molecule has 0 saturated carbocycles. The van der Waals surface area contributed by atoms with Crippen molar-refractivity contribution in [2.75, 3.05) is 26.9 Å². The number of nitrogens with zero attached hydrogens (tertiary/aromatic N) is 3. The van der Waals surface area contributed by atoms with Crippen LogP contribution in [0.5, 0.6) is 0 Å². The largest absolute Gasteiger partial charge is 0.384 e. The lowest BCUT2D eigenvalue weighted by molar-refractivity contribution is 0.0483. The second-order valence-electron chi connectivity index (χ2n) is 5.31. The highest BCUT2D eigenvalue weighted by Crippen LogP contribution is 2.21. The normalized spacial score (nSPS) is 19.6. The highest BCUT2D eigenvalue weighted by Gasteiger charge is 2.18. The second-order valence-corrected chi connectivity index (χ2v) is 5.31. The van der Waals surface area contributed by atoms with Crippen LogP contribution in [0.15, 0.2) is 18.3 Å². The molecule has 1 unspecified atom stereocenters. The van der Waals surface area contributed by atoms with Gasteiger partial charge in [0.15, 0.2) is 5.65 Å². The SMILES string of the molecule is COCCc1nc2cccnc2n1CC1CCCOC1. The van der Waals surface area contributed by atoms with Gasteiger partial charge >= 0.3 is 0 Å². The number of hydrogen-bond acceptors (Lipinski definition) is 4. The van der Waals surface area contributed by atoms with E-state index in [1.54, 1.807) is 7.11 Å². The molecular weight excluding hydrogens is 254 g/mol. The zero-order chi connectivity index (χ0) is 13.8. The number of rotatable bonds is 5. The van der Waals surface area contributed by atoms with Crippen LogP contribution in [0.3, 0.4) is 0 Å². The van der Waals surface area contributed by atoms with Crippen molar-refractivity contribution in [2.24, 2.45) is 5.92 Å². The van der Waals surface area contributed by atoms with Crippen molar-refractivity contribution in [2.45, 2.75) is 25.8 Å². The van der Waals surface area contributed by atoms with Gasteiger partial charge in [-0.05, 0) is 25.0 Å². The first kappa shape index (κ1) is 13.5. The first-order valence-corrected chi connectivity index (χ1v) is 7.25. The summed E-state index contributed by atoms with van der Waals surface area (Å²) >= 11 is 0. The zero-order valence-corrected chi connectivity index (χ0v) is 11.9. The highest BCUT2D eigenvalue weighted by molar-refractivity contribution is 5.71. The molecule has 0 aromatic carbocycles. The maximum absolute atomic E-state index is 5.59. The van der Waals surface area contributed by atoms with E-state index >= 15 is 0 Å². The third kappa shape index (κ3) is 2.83. The summed E-state index contributed by atoms with van der Waals surface area (Å²) in [5.41, 5.74) is 1.94. The molecule has 1 aliphatic heterocycles. The molecule has 2 aromatic heterocycles. The maximum Gasteiger partial charge on any atom is 0.159 e. The summed E-state index contributed by atoms with van der Waals surface area (Å²) in [6.07, 6.45) is 5.02. The molecule has 1 fully saturated rings. The summed E-state index contributed by atoms with van der Waals surface area (Å²) in [5.74, 6) is 1.62. The molecule has 1 aliphatic rings. The first-order chi connectivity index (χ1) is 9.88. The fraction of sp³-hybridized carbons (Fsp3) is 0.600. The maximum atomic E-state index is 5.59. The molecule has 2 aromatic rings. The molecule has 3 heterocycles. The molecule has 5 nitrogen and oxygen atoms in total. The third-order valence-corrected chi connectivity index (χ3v) is 3.81. The summed E-state index contributed by atoms with van der Waals surface area (Å²) in [6, 6.07) is 3.95. The van der Waals surface area contributed by atoms with Crippen LogP contribution < -0.4 is 0 Å². The van der Waals surface area contributed by atoms with Crippen molar-refractivity contribution >= 4 is 11.2 Å². The minimum Gasteiger partial charge on any atom is -0.384 e. The van der Waals surface area contributed by atoms with E-state index in [9.17, 15) is 0 Å². The van der Waals surface area contributed by atoms with Crippen LogP contribution in [0.25, 0.3) is 11.2 Å². The van der Waals surface area contributed by atoms with E-state index in [1.165, 1.54) is 6.42 Å². The molecule has 3 rings (SSSR count). The molecule has 0 spiro atoms. The Kier molecular flexibility index (Phi) is 4.28. The van der Waals surface area contributed by atoms with Crippen molar-refractivity contribution in [1.29, 1.82) is 0 Å². The predicted octanol–water partition coefficient (Wildman–Crippen LogP) is 2.05. The van der Waals surface area contributed by atoms with Gasteiger partial charge in [-0.25, -0.2) is 9.97 Å². The second kappa shape index (κ2) is 6.33. The lowest BCUT2D eigenvalue weighted by Crippen LogP contribution is -2.23. The van der Waals surface area contributed by atoms with E-state index in [2.05, 4.69) is 9.55 Å². The Hall–Kier alpha value is -1.46. The fourth-order valence-electron chi connectivity index (χ4n) is 2.79. The number of aromatic nitrogens is 3. The van der Waals surface area contributed by atoms with E-state index in [4.69, 9.17) is 14.5 Å². The van der Waals surface area contributed by atoms with Crippen molar-refractivity contribution in [3.8, 4) is 0 Å². The molecule has 0 N–H and O–H groups in total. The van der Waals surface area contributed by atoms with Gasteiger partial charge in [0.05, 0.1) is 13.2 Å². The average molecular weight is 275 g/mol. The van der Waals surface area contributed by atoms with Gasteiger partial charge in [-0.1, -0.05) is 0 Å². The minimum atomic E-state index is 0.560. The average Bonchev–Trinajstić information content (AvgIpc) is 2.84. The van der Waals surface area contributed by atoms with E-state index in [0.29, 0.717) is 12.5 Å². The van der Waals surface area contributed by atoms with Crippen LogP contribution in [0.2, 0.25) is 0 Å². The van der Waals surface area contributed by atoms with Crippen molar-refractivity contribution in [3.05, 3.63) is 24.2 Å². The molecule has 108 valence electrons. The minimum absolute atomic E-state index is 0.560. The Morgan fingerprint density at radius 2 is 2.45 bits per heavy atom. The van der Waals surface area contributed by atoms with E-state index < -0.39 is 0 Å². The number of methoxy groups -OCH3 is 1. The first-order valence-electron chi connectivity index (χ1n) is 7.25. The van der Waals surface area contributed by atoms with Gasteiger partial charge < -0.3 is 14.0 Å². The molecule has 0 aliphatic carbocycles. The van der Waals surface area contributed by atoms with Crippen LogP contribution in [-0.4, -0.2) is 41.5 Å². The van der Waals surface area contributed by atoms with Crippen LogP contribution in [0, 0.1) is 5.92 Å². The molecule has 5 heteroatoms. The van der Waals surface area contributed by atoms with Crippen LogP contribution in [-0.2, 0) is 22.4 Å². The molecule has 0 bridgehead atoms. The molecular formula is C15H21N3O2. The molecule has 20 heavy (non-hydrogen) atoms. The Morgan fingerprint density at radius 3 is 3.25 bits per heavy atom. The lowest BCUT2D eigenvalue weighted by Gasteiger charge is -2.23. The smallest absolute Gasteiger partial charge is 0.159 e. The Morgan fingerprint density at radius 1 is 1.50 bits per heavy atom. The van der Waals surface area contributed by atoms with Crippen LogP contribution >= 0.6 is 0 Å². The quantitative estimate of drug-likeness (QED) is 0.838. The summed E-state index contributed by atoms with van der Waals surface area (Å²) in [7, 11) is 1.72. The number of fused-ring (bicyclic) bond motifs is 1. The Labute approximate surface area is 118 Å². The summed E-state index contributed by atoms with van der Waals surface area (Å²) < 4.78 is 13.0. The van der Waals surface area contributed by atoms with Crippen molar-refractivity contribution in [1.82, 2.24) is 14.5 Å². The summed E-state index contributed by atoms with van der Waals surface area (Å²) in [6.45, 7) is 3.36. The molecule has 0 amide bonds. The van der Waals surface area contributed by atoms with Gasteiger partial charge in [0, 0.05) is 38.8 Å². The van der Waals surface area contributed by atoms with Gasteiger partial charge in [-0.3, -0.25) is 0 Å². The Bertz CT molecular complexity index is 561. The standard InChI is InChI=1S/C15H21N3O2/c1-19-9-6-14-17-13-5-2-7-16-15(13)18(14)10-12-4-3-8-20-11-12/h2,5,7,12H,3-4,6,8-11H2,1H3. The van der Waals surface area contributed by atoms with Crippen molar-refractivity contribution in [3.63, 3.8) is 0 Å². The number of hydrogen-bond donors (Lipinski definition) is 0. The van der Waals surface area contributed by atoms with Gasteiger partial charge in [0.1, 0.15) is 11.3 Å². The van der Waals surface area contributed by atoms with Crippen LogP contribution in [0.4, 0.5) is 0 Å². The van der Waals surface area contributed by atoms with Gasteiger partial charge in [0.25, 0.3) is 0 Å². The third-order valence-electron chi connectivity index (χ3n) is 3.81. The summed E-state index contributed by atoms with van der Waals surface area (Å²) in [4.78, 5) is 9.19. The molecule has 1 atom stereocenters. The van der Waals surface area contributed by atoms with Crippen LogP contribution in [0.1, 0.15) is 18.7 Å². The summed E-state index contributed by atoms with van der Waals surface area (Å²) in [5, 5.41) is 0. The monoisotopic (exact) mass is 275 g/mol. The Balaban J connectivity index is 1.88. The van der Waals surface area contributed by atoms with Gasteiger partial charge in [-0.15, -0.1) is 0 Å². The fourth-order valence-corrected chi connectivity index (χ4v) is 2.79. The number of pyridine rings is 1. The van der Waals surface area contributed by atoms with E-state index in [1.807, 2.05) is 18.3 Å². The molecule has 0 radical (unpaired) electrons. The van der Waals surface area contributed by atoms with Gasteiger partial charge in [0.2, 0.25) is 0 Å². The number of imidazole rings is 1. The topological polar surface area (TPSA) is 49.2 Å². The number of ether oxygens (including phenoxy) is 2. The lowest BCUT2D eigenvalue weighted by atomic mass is 10.0. The van der Waals surface area contributed by atoms with E-state index in [-0.39, 0.29) is 0 Å². The van der Waals surface area contributed by atoms with E-state index in [0.717, 1.165) is 49.6 Å². The van der Waals surface area contributed by atoms with Crippen molar-refractivity contribution < 1.29 is 9.47 Å². The van der Waals surface area contributed by atoms with Gasteiger partial charge in [-0.2, -0.15) is 0 Å². The zero-order valence-electron chi connectivity index (χ0n) is 11.9. The molecule has 1 saturated heterocycles. The highest BCUT2D eigenvalue weighted by atomic mass is 16.5. The predicted molar refractivity (Wildman–Crippen MR) is 76.7 cm³/mol.